The molecule has 1 aromatic carbocycles. The normalized spacial score (nSPS) is 10.6. The number of carbonyl (C=O) groups is 1. The van der Waals surface area contributed by atoms with Crippen molar-refractivity contribution in [3.63, 3.8) is 0 Å². The second-order valence-electron chi connectivity index (χ2n) is 3.76. The SMILES string of the molecule is Cc1cc(C(=O)c2cccc(F)c2F)c(C)o1. The number of carbonyl (C=O) groups excluding carboxylic acids is 1. The van der Waals surface area contributed by atoms with Crippen molar-refractivity contribution in [2.75, 3.05) is 0 Å². The van der Waals surface area contributed by atoms with Gasteiger partial charge in [-0.25, -0.2) is 8.78 Å². The molecule has 4 heteroatoms. The van der Waals surface area contributed by atoms with Gasteiger partial charge in [0.15, 0.2) is 17.4 Å². The second kappa shape index (κ2) is 4.13. The summed E-state index contributed by atoms with van der Waals surface area (Å²) in [6.45, 7) is 3.29. The third-order valence-electron chi connectivity index (χ3n) is 2.48. The first-order valence-electron chi connectivity index (χ1n) is 5.06. The maximum atomic E-state index is 13.4. The molecule has 0 N–H and O–H groups in total. The van der Waals surface area contributed by atoms with Crippen LogP contribution in [0.25, 0.3) is 0 Å². The number of ketones is 1. The highest BCUT2D eigenvalue weighted by Crippen LogP contribution is 2.20. The topological polar surface area (TPSA) is 30.2 Å². The van der Waals surface area contributed by atoms with Crippen molar-refractivity contribution in [1.29, 1.82) is 0 Å². The molecule has 17 heavy (non-hydrogen) atoms. The average Bonchev–Trinajstić information content (AvgIpc) is 2.61. The van der Waals surface area contributed by atoms with Crippen molar-refractivity contribution in [1.82, 2.24) is 0 Å². The Hall–Kier alpha value is -1.97. The van der Waals surface area contributed by atoms with Gasteiger partial charge >= 0.3 is 0 Å². The summed E-state index contributed by atoms with van der Waals surface area (Å²) >= 11 is 0. The minimum Gasteiger partial charge on any atom is -0.466 e. The van der Waals surface area contributed by atoms with Gasteiger partial charge in [0.25, 0.3) is 0 Å². The lowest BCUT2D eigenvalue weighted by molar-refractivity contribution is 0.103. The fourth-order valence-corrected chi connectivity index (χ4v) is 1.68. The summed E-state index contributed by atoms with van der Waals surface area (Å²) in [5, 5.41) is 0. The molecule has 0 aliphatic carbocycles. The van der Waals surface area contributed by atoms with Crippen LogP contribution in [0.1, 0.15) is 27.4 Å². The van der Waals surface area contributed by atoms with Crippen LogP contribution in [0, 0.1) is 25.5 Å². The molecular weight excluding hydrogens is 226 g/mol. The Morgan fingerprint density at radius 2 is 1.88 bits per heavy atom. The second-order valence-corrected chi connectivity index (χ2v) is 3.76. The number of rotatable bonds is 2. The highest BCUT2D eigenvalue weighted by atomic mass is 19.2. The number of hydrogen-bond donors (Lipinski definition) is 0. The van der Waals surface area contributed by atoms with Gasteiger partial charge in [-0.3, -0.25) is 4.79 Å². The summed E-state index contributed by atoms with van der Waals surface area (Å²) in [5.41, 5.74) is -0.0269. The molecule has 88 valence electrons. The van der Waals surface area contributed by atoms with Crippen molar-refractivity contribution < 1.29 is 18.0 Å². The molecule has 1 aromatic heterocycles. The summed E-state index contributed by atoms with van der Waals surface area (Å²) in [5.74, 6) is -1.78. The summed E-state index contributed by atoms with van der Waals surface area (Å²) in [6, 6.07) is 5.04. The molecule has 2 rings (SSSR count). The summed E-state index contributed by atoms with van der Waals surface area (Å²) < 4.78 is 31.7. The summed E-state index contributed by atoms with van der Waals surface area (Å²) in [4.78, 5) is 12.0. The maximum absolute atomic E-state index is 13.4. The highest BCUT2D eigenvalue weighted by molar-refractivity contribution is 6.09. The Kier molecular flexibility index (Phi) is 2.79. The van der Waals surface area contributed by atoms with Gasteiger partial charge in [-0.15, -0.1) is 0 Å². The number of aryl methyl sites for hydroxylation is 2. The van der Waals surface area contributed by atoms with E-state index in [9.17, 15) is 13.6 Å². The minimum atomic E-state index is -1.13. The predicted octanol–water partition coefficient (Wildman–Crippen LogP) is 3.41. The van der Waals surface area contributed by atoms with Crippen molar-refractivity contribution >= 4 is 5.78 Å². The van der Waals surface area contributed by atoms with E-state index in [0.717, 1.165) is 6.07 Å². The molecule has 2 aromatic rings. The van der Waals surface area contributed by atoms with Crippen LogP contribution in [0.3, 0.4) is 0 Å². The Bertz CT molecular complexity index is 585. The van der Waals surface area contributed by atoms with Crippen molar-refractivity contribution in [3.8, 4) is 0 Å². The summed E-state index contributed by atoms with van der Waals surface area (Å²) in [6.07, 6.45) is 0. The van der Waals surface area contributed by atoms with E-state index < -0.39 is 17.4 Å². The molecule has 0 saturated heterocycles. The van der Waals surface area contributed by atoms with Gasteiger partial charge in [0.05, 0.1) is 11.1 Å². The van der Waals surface area contributed by atoms with E-state index in [1.165, 1.54) is 18.2 Å². The van der Waals surface area contributed by atoms with Gasteiger partial charge in [-0.2, -0.15) is 0 Å². The molecule has 2 nitrogen and oxygen atoms in total. The number of hydrogen-bond acceptors (Lipinski definition) is 2. The monoisotopic (exact) mass is 236 g/mol. The van der Waals surface area contributed by atoms with Crippen molar-refractivity contribution in [2.24, 2.45) is 0 Å². The number of benzene rings is 1. The lowest BCUT2D eigenvalue weighted by Crippen LogP contribution is -2.05. The van der Waals surface area contributed by atoms with Crippen LogP contribution in [0.4, 0.5) is 8.78 Å². The first-order chi connectivity index (χ1) is 8.00. The first kappa shape index (κ1) is 11.5. The van der Waals surface area contributed by atoms with Gasteiger partial charge in [-0.05, 0) is 32.0 Å². The van der Waals surface area contributed by atoms with Crippen LogP contribution in [-0.4, -0.2) is 5.78 Å². The van der Waals surface area contributed by atoms with Crippen LogP contribution >= 0.6 is 0 Å². The molecule has 0 atom stereocenters. The fraction of sp³-hybridized carbons (Fsp3) is 0.154. The van der Waals surface area contributed by atoms with Crippen LogP contribution < -0.4 is 0 Å². The molecule has 0 amide bonds. The fourth-order valence-electron chi connectivity index (χ4n) is 1.68. The number of halogens is 2. The van der Waals surface area contributed by atoms with Gasteiger partial charge < -0.3 is 4.42 Å². The molecule has 0 unspecified atom stereocenters. The van der Waals surface area contributed by atoms with Crippen molar-refractivity contribution in [2.45, 2.75) is 13.8 Å². The standard InChI is InChI=1S/C13H10F2O2/c1-7-6-10(8(2)17-7)13(16)9-4-3-5-11(14)12(9)15/h3-6H,1-2H3. The first-order valence-corrected chi connectivity index (χ1v) is 5.06. The van der Waals surface area contributed by atoms with Crippen LogP contribution in [0.15, 0.2) is 28.7 Å². The molecule has 0 saturated carbocycles. The van der Waals surface area contributed by atoms with Crippen LogP contribution in [-0.2, 0) is 0 Å². The molecule has 0 bridgehead atoms. The van der Waals surface area contributed by atoms with E-state index in [-0.39, 0.29) is 11.1 Å². The highest BCUT2D eigenvalue weighted by Gasteiger charge is 2.20. The van der Waals surface area contributed by atoms with E-state index in [1.807, 2.05) is 0 Å². The lowest BCUT2D eigenvalue weighted by atomic mass is 10.0. The van der Waals surface area contributed by atoms with Gasteiger partial charge in [0, 0.05) is 0 Å². The number of furan rings is 1. The smallest absolute Gasteiger partial charge is 0.199 e. The molecule has 0 aliphatic heterocycles. The average molecular weight is 236 g/mol. The molecule has 0 aliphatic rings. The largest absolute Gasteiger partial charge is 0.466 e. The molecule has 0 fully saturated rings. The Labute approximate surface area is 96.9 Å². The van der Waals surface area contributed by atoms with Crippen molar-refractivity contribution in [3.05, 3.63) is 58.5 Å². The molecular formula is C13H10F2O2. The zero-order valence-electron chi connectivity index (χ0n) is 9.38. The van der Waals surface area contributed by atoms with Gasteiger partial charge in [-0.1, -0.05) is 6.07 Å². The quantitative estimate of drug-likeness (QED) is 0.748. The van der Waals surface area contributed by atoms with E-state index in [1.54, 1.807) is 13.8 Å². The molecule has 0 spiro atoms. The zero-order chi connectivity index (χ0) is 12.6. The molecule has 0 radical (unpaired) electrons. The predicted molar refractivity (Wildman–Crippen MR) is 58.0 cm³/mol. The van der Waals surface area contributed by atoms with Gasteiger partial charge in [0.2, 0.25) is 0 Å². The van der Waals surface area contributed by atoms with E-state index in [0.29, 0.717) is 11.5 Å². The van der Waals surface area contributed by atoms with E-state index >= 15 is 0 Å². The Morgan fingerprint density at radius 3 is 2.47 bits per heavy atom. The third kappa shape index (κ3) is 1.98. The van der Waals surface area contributed by atoms with E-state index in [2.05, 4.69) is 0 Å². The Balaban J connectivity index is 2.51. The Morgan fingerprint density at radius 1 is 1.18 bits per heavy atom. The minimum absolute atomic E-state index is 0.256. The molecule has 1 heterocycles. The summed E-state index contributed by atoms with van der Waals surface area (Å²) in [7, 11) is 0. The van der Waals surface area contributed by atoms with Crippen LogP contribution in [0.5, 0.6) is 0 Å². The maximum Gasteiger partial charge on any atom is 0.199 e. The lowest BCUT2D eigenvalue weighted by Gasteiger charge is -2.01. The third-order valence-corrected chi connectivity index (χ3v) is 2.48. The zero-order valence-corrected chi connectivity index (χ0v) is 9.38. The van der Waals surface area contributed by atoms with E-state index in [4.69, 9.17) is 4.42 Å². The van der Waals surface area contributed by atoms with Gasteiger partial charge in [0.1, 0.15) is 11.5 Å². The van der Waals surface area contributed by atoms with Crippen LogP contribution in [0.2, 0.25) is 0 Å².